The predicted molar refractivity (Wildman–Crippen MR) is 131 cm³/mol. The molecule has 4 rings (SSSR count). The minimum Gasteiger partial charge on any atom is -0.350 e. The number of amides is 2. The van der Waals surface area contributed by atoms with E-state index in [1.807, 2.05) is 30.3 Å². The summed E-state index contributed by atoms with van der Waals surface area (Å²) in [6, 6.07) is 16.3. The first-order valence-corrected chi connectivity index (χ1v) is 14.0. The zero-order valence-corrected chi connectivity index (χ0v) is 21.3. The Labute approximate surface area is 210 Å². The maximum atomic E-state index is 13.9. The van der Waals surface area contributed by atoms with E-state index in [4.69, 9.17) is 9.57 Å². The number of hydrogen-bond donors (Lipinski definition) is 1. The Morgan fingerprint density at radius 2 is 1.69 bits per heavy atom. The number of carbonyl (C=O) groups is 2. The number of nitrogens with zero attached hydrogens (tertiary/aromatic N) is 1. The van der Waals surface area contributed by atoms with Crippen molar-refractivity contribution in [2.24, 2.45) is 0 Å². The van der Waals surface area contributed by atoms with Crippen LogP contribution in [0.2, 0.25) is 0 Å². The highest BCUT2D eigenvalue weighted by Crippen LogP contribution is 2.37. The monoisotopic (exact) mass is 518 g/mol. The molecule has 2 fully saturated rings. The van der Waals surface area contributed by atoms with Crippen molar-refractivity contribution in [1.29, 1.82) is 0 Å². The van der Waals surface area contributed by atoms with Crippen molar-refractivity contribution in [3.63, 3.8) is 0 Å². The summed E-state index contributed by atoms with van der Waals surface area (Å²) in [7, 11) is -4.09. The second-order valence-electron chi connectivity index (χ2n) is 8.74. The molecule has 2 heterocycles. The molecule has 2 aliphatic rings. The molecule has 35 heavy (non-hydrogen) atoms. The number of ether oxygens (including phenoxy) is 1. The van der Waals surface area contributed by atoms with E-state index >= 15 is 0 Å². The lowest BCUT2D eigenvalue weighted by molar-refractivity contribution is -0.202. The SMILES string of the molecule is CC(=O)N1CCC(C(=O)NOC2CCCCO2)(S(=O)(=O)c2ccc(Sc3ccccc3)cc2)CC1. The normalized spacial score (nSPS) is 20.3. The Balaban J connectivity index is 1.56. The predicted octanol–water partition coefficient (Wildman–Crippen LogP) is 3.57. The molecule has 2 saturated heterocycles. The molecule has 1 unspecified atom stereocenters. The summed E-state index contributed by atoms with van der Waals surface area (Å²) in [6.07, 6.45) is 1.82. The summed E-state index contributed by atoms with van der Waals surface area (Å²) in [5.74, 6) is -0.872. The fourth-order valence-electron chi connectivity index (χ4n) is 4.35. The van der Waals surface area contributed by atoms with Crippen LogP contribution in [0.15, 0.2) is 69.3 Å². The molecule has 8 nitrogen and oxygen atoms in total. The highest BCUT2D eigenvalue weighted by atomic mass is 32.2. The zero-order valence-electron chi connectivity index (χ0n) is 19.6. The molecule has 1 N–H and O–H groups in total. The van der Waals surface area contributed by atoms with Crippen LogP contribution in [0.1, 0.15) is 39.0 Å². The van der Waals surface area contributed by atoms with E-state index < -0.39 is 26.8 Å². The summed E-state index contributed by atoms with van der Waals surface area (Å²) in [5, 5.41) is 0. The third-order valence-corrected chi connectivity index (χ3v) is 10.0. The van der Waals surface area contributed by atoms with Gasteiger partial charge >= 0.3 is 0 Å². The lowest BCUT2D eigenvalue weighted by atomic mass is 9.95. The molecule has 2 amide bonds. The molecule has 2 aromatic rings. The molecule has 0 radical (unpaired) electrons. The lowest BCUT2D eigenvalue weighted by Gasteiger charge is -2.39. The van der Waals surface area contributed by atoms with E-state index in [0.717, 1.165) is 22.6 Å². The average Bonchev–Trinajstić information content (AvgIpc) is 2.88. The van der Waals surface area contributed by atoms with E-state index in [1.54, 1.807) is 17.0 Å². The molecule has 2 aliphatic heterocycles. The van der Waals surface area contributed by atoms with Crippen LogP contribution in [0.4, 0.5) is 0 Å². The van der Waals surface area contributed by atoms with Gasteiger partial charge in [-0.25, -0.2) is 18.7 Å². The summed E-state index contributed by atoms with van der Waals surface area (Å²) in [4.78, 5) is 34.2. The van der Waals surface area contributed by atoms with Gasteiger partial charge in [0.2, 0.25) is 5.91 Å². The van der Waals surface area contributed by atoms with Gasteiger partial charge in [-0.3, -0.25) is 9.59 Å². The standard InChI is InChI=1S/C25H30N2O6S2/c1-19(28)27-16-14-25(15-17-27,24(29)26-33-23-9-5-6-18-32-23)35(30,31)22-12-10-21(11-13-22)34-20-7-3-2-4-8-20/h2-4,7-8,10-13,23H,5-6,9,14-18H2,1H3,(H,26,29). The van der Waals surface area contributed by atoms with Gasteiger partial charge in [-0.1, -0.05) is 30.0 Å². The van der Waals surface area contributed by atoms with Crippen molar-refractivity contribution in [2.45, 2.75) is 64.8 Å². The largest absolute Gasteiger partial charge is 0.350 e. The molecule has 0 aromatic heterocycles. The Morgan fingerprint density at radius 3 is 2.29 bits per heavy atom. The maximum Gasteiger partial charge on any atom is 0.265 e. The second kappa shape index (κ2) is 11.1. The number of carbonyl (C=O) groups excluding carboxylic acids is 2. The number of hydroxylamine groups is 1. The van der Waals surface area contributed by atoms with E-state index in [-0.39, 0.29) is 36.7 Å². The van der Waals surface area contributed by atoms with Gasteiger partial charge in [-0.2, -0.15) is 0 Å². The molecule has 0 saturated carbocycles. The lowest BCUT2D eigenvalue weighted by Crippen LogP contribution is -2.59. The maximum absolute atomic E-state index is 13.9. The molecule has 0 bridgehead atoms. The molecule has 0 spiro atoms. The third-order valence-electron chi connectivity index (χ3n) is 6.48. The van der Waals surface area contributed by atoms with Gasteiger partial charge in [0.1, 0.15) is 0 Å². The number of nitrogens with one attached hydrogen (secondary N) is 1. The van der Waals surface area contributed by atoms with Crippen molar-refractivity contribution < 1.29 is 27.6 Å². The highest BCUT2D eigenvalue weighted by molar-refractivity contribution is 7.99. The third kappa shape index (κ3) is 5.72. The van der Waals surface area contributed by atoms with Crippen LogP contribution in [0.5, 0.6) is 0 Å². The van der Waals surface area contributed by atoms with Gasteiger partial charge in [0, 0.05) is 42.8 Å². The van der Waals surface area contributed by atoms with Crippen molar-refractivity contribution in [2.75, 3.05) is 19.7 Å². The minimum atomic E-state index is -4.09. The first-order chi connectivity index (χ1) is 16.8. The first kappa shape index (κ1) is 25.7. The van der Waals surface area contributed by atoms with Gasteiger partial charge in [0.25, 0.3) is 5.91 Å². The summed E-state index contributed by atoms with van der Waals surface area (Å²) in [5.41, 5.74) is 2.38. The number of rotatable bonds is 7. The van der Waals surface area contributed by atoms with Crippen molar-refractivity contribution in [3.8, 4) is 0 Å². The Morgan fingerprint density at radius 1 is 1.03 bits per heavy atom. The molecule has 0 aliphatic carbocycles. The summed E-state index contributed by atoms with van der Waals surface area (Å²) in [6.45, 7) is 2.31. The smallest absolute Gasteiger partial charge is 0.265 e. The molecular weight excluding hydrogens is 488 g/mol. The van der Waals surface area contributed by atoms with Crippen LogP contribution in [0.3, 0.4) is 0 Å². The minimum absolute atomic E-state index is 0.0177. The number of piperidine rings is 1. The Bertz CT molecular complexity index is 1120. The number of benzene rings is 2. The number of likely N-dealkylation sites (tertiary alicyclic amines) is 1. The fourth-order valence-corrected chi connectivity index (χ4v) is 7.14. The van der Waals surface area contributed by atoms with Crippen LogP contribution < -0.4 is 5.48 Å². The van der Waals surface area contributed by atoms with Gasteiger partial charge in [-0.15, -0.1) is 0 Å². The molecular formula is C25H30N2O6S2. The Hall–Kier alpha value is -2.40. The van der Waals surface area contributed by atoms with Crippen LogP contribution >= 0.6 is 11.8 Å². The molecule has 2 aromatic carbocycles. The highest BCUT2D eigenvalue weighted by Gasteiger charge is 2.53. The van der Waals surface area contributed by atoms with Crippen LogP contribution in [-0.2, 0) is 29.0 Å². The van der Waals surface area contributed by atoms with E-state index in [2.05, 4.69) is 5.48 Å². The van der Waals surface area contributed by atoms with Gasteiger partial charge < -0.3 is 9.64 Å². The summed E-state index contributed by atoms with van der Waals surface area (Å²) >= 11 is 1.52. The summed E-state index contributed by atoms with van der Waals surface area (Å²) < 4.78 is 31.5. The first-order valence-electron chi connectivity index (χ1n) is 11.7. The molecule has 1 atom stereocenters. The van der Waals surface area contributed by atoms with Crippen LogP contribution in [-0.4, -0.2) is 55.9 Å². The number of sulfone groups is 1. The van der Waals surface area contributed by atoms with Crippen molar-refractivity contribution >= 4 is 33.4 Å². The topological polar surface area (TPSA) is 102 Å². The van der Waals surface area contributed by atoms with Crippen LogP contribution in [0, 0.1) is 0 Å². The second-order valence-corrected chi connectivity index (χ2v) is 12.1. The fraction of sp³-hybridized carbons (Fsp3) is 0.440. The number of hydrogen-bond acceptors (Lipinski definition) is 7. The quantitative estimate of drug-likeness (QED) is 0.559. The van der Waals surface area contributed by atoms with Gasteiger partial charge in [0.15, 0.2) is 20.9 Å². The van der Waals surface area contributed by atoms with Gasteiger partial charge in [-0.05, 0) is 62.1 Å². The van der Waals surface area contributed by atoms with Gasteiger partial charge in [0.05, 0.1) is 4.90 Å². The molecule has 10 heteroatoms. The van der Waals surface area contributed by atoms with E-state index in [9.17, 15) is 18.0 Å². The van der Waals surface area contributed by atoms with E-state index in [1.165, 1.54) is 30.8 Å². The average molecular weight is 519 g/mol. The van der Waals surface area contributed by atoms with E-state index in [0.29, 0.717) is 13.0 Å². The van der Waals surface area contributed by atoms with Crippen LogP contribution in [0.25, 0.3) is 0 Å². The molecule has 188 valence electrons. The zero-order chi connectivity index (χ0) is 24.9. The van der Waals surface area contributed by atoms with Crippen molar-refractivity contribution in [1.82, 2.24) is 10.4 Å². The van der Waals surface area contributed by atoms with Crippen molar-refractivity contribution in [3.05, 3.63) is 54.6 Å². The Kier molecular flexibility index (Phi) is 8.16.